The molecule has 2 nitrogen and oxygen atoms in total. The van der Waals surface area contributed by atoms with Gasteiger partial charge in [-0.05, 0) is 74.0 Å². The molecule has 6 aromatic rings. The molecule has 0 atom stereocenters. The number of aromatic nitrogens is 2. The summed E-state index contributed by atoms with van der Waals surface area (Å²) in [4.78, 5) is 4.79. The molecule has 4 aromatic carbocycles. The molecule has 0 spiro atoms. The maximum Gasteiger partial charge on any atom is 0.0787 e. The Kier molecular flexibility index (Phi) is 3.18. The Balaban J connectivity index is 1.97. The Bertz CT molecular complexity index is 1560. The molecule has 0 saturated carbocycles. The lowest BCUT2D eigenvalue weighted by molar-refractivity contribution is 1.11. The maximum atomic E-state index is 4.79. The number of hydrogen-bond donors (Lipinski definition) is 0. The quantitative estimate of drug-likeness (QED) is 0.279. The van der Waals surface area contributed by atoms with Gasteiger partial charge >= 0.3 is 0 Å². The normalized spacial score (nSPS) is 12.1. The predicted octanol–water partition coefficient (Wildman–Crippen LogP) is 7.16. The maximum absolute atomic E-state index is 4.79. The average molecular weight is 374 g/mol. The van der Waals surface area contributed by atoms with E-state index in [-0.39, 0.29) is 0 Å². The van der Waals surface area contributed by atoms with Crippen molar-refractivity contribution in [1.82, 2.24) is 9.55 Å². The van der Waals surface area contributed by atoms with Crippen LogP contribution in [0.15, 0.2) is 60.8 Å². The van der Waals surface area contributed by atoms with Gasteiger partial charge in [-0.2, -0.15) is 0 Å². The summed E-state index contributed by atoms with van der Waals surface area (Å²) < 4.78 is 2.47. The second-order valence-corrected chi connectivity index (χ2v) is 8.39. The van der Waals surface area contributed by atoms with Crippen molar-refractivity contribution in [3.63, 3.8) is 0 Å². The molecule has 0 aliphatic rings. The molecule has 0 N–H and O–H groups in total. The predicted molar refractivity (Wildman–Crippen MR) is 124 cm³/mol. The minimum absolute atomic E-state index is 1.09. The fourth-order valence-electron chi connectivity index (χ4n) is 5.34. The van der Waals surface area contributed by atoms with Crippen molar-refractivity contribution >= 4 is 43.5 Å². The van der Waals surface area contributed by atoms with Crippen LogP contribution >= 0.6 is 0 Å². The number of hydrogen-bond acceptors (Lipinski definition) is 1. The van der Waals surface area contributed by atoms with Crippen molar-refractivity contribution < 1.29 is 0 Å². The summed E-state index contributed by atoms with van der Waals surface area (Å²) in [5, 5.41) is 6.44. The fourth-order valence-corrected chi connectivity index (χ4v) is 5.34. The first-order chi connectivity index (χ1) is 14.0. The van der Waals surface area contributed by atoms with Crippen molar-refractivity contribution in [3.8, 4) is 5.69 Å². The van der Waals surface area contributed by atoms with Crippen molar-refractivity contribution in [2.24, 2.45) is 0 Å². The minimum Gasteiger partial charge on any atom is -0.309 e. The van der Waals surface area contributed by atoms with Crippen LogP contribution in [0.2, 0.25) is 0 Å². The van der Waals surface area contributed by atoms with E-state index in [1.54, 1.807) is 0 Å². The van der Waals surface area contributed by atoms with Gasteiger partial charge in [-0.15, -0.1) is 0 Å². The monoisotopic (exact) mass is 374 g/mol. The van der Waals surface area contributed by atoms with Crippen LogP contribution in [0, 0.1) is 27.7 Å². The van der Waals surface area contributed by atoms with Crippen molar-refractivity contribution in [2.75, 3.05) is 0 Å². The zero-order valence-electron chi connectivity index (χ0n) is 17.2. The van der Waals surface area contributed by atoms with Crippen LogP contribution in [-0.4, -0.2) is 9.55 Å². The van der Waals surface area contributed by atoms with Gasteiger partial charge in [-0.25, -0.2) is 0 Å². The number of fused-ring (bicyclic) bond motifs is 3. The lowest BCUT2D eigenvalue weighted by Crippen LogP contribution is -2.01. The number of rotatable bonds is 1. The molecular formula is C27H22N2. The third-order valence-electron chi connectivity index (χ3n) is 6.25. The SMILES string of the molecule is Cc1cc(C)c(-n2c3cccc4c5cccnc5c5cc(C)cc2c5c43)c(C)c1. The summed E-state index contributed by atoms with van der Waals surface area (Å²) >= 11 is 0. The molecule has 2 heterocycles. The average Bonchev–Trinajstić information content (AvgIpc) is 3.01. The molecule has 0 fully saturated rings. The summed E-state index contributed by atoms with van der Waals surface area (Å²) in [6.45, 7) is 8.81. The van der Waals surface area contributed by atoms with E-state index >= 15 is 0 Å². The van der Waals surface area contributed by atoms with Crippen molar-refractivity contribution in [1.29, 1.82) is 0 Å². The zero-order chi connectivity index (χ0) is 19.9. The number of aryl methyl sites for hydroxylation is 4. The minimum atomic E-state index is 1.09. The highest BCUT2D eigenvalue weighted by Gasteiger charge is 2.21. The van der Waals surface area contributed by atoms with Crippen molar-refractivity contribution in [3.05, 3.63) is 83.0 Å². The molecule has 0 aliphatic heterocycles. The van der Waals surface area contributed by atoms with Gasteiger partial charge < -0.3 is 4.57 Å². The number of benzene rings is 4. The van der Waals surface area contributed by atoms with Crippen LogP contribution in [0.4, 0.5) is 0 Å². The summed E-state index contributed by atoms with van der Waals surface area (Å²) in [7, 11) is 0. The lowest BCUT2D eigenvalue weighted by Gasteiger charge is -2.15. The van der Waals surface area contributed by atoms with Crippen LogP contribution in [0.25, 0.3) is 49.2 Å². The van der Waals surface area contributed by atoms with E-state index in [9.17, 15) is 0 Å². The molecule has 0 aliphatic carbocycles. The van der Waals surface area contributed by atoms with Gasteiger partial charge in [0.05, 0.1) is 22.2 Å². The third kappa shape index (κ3) is 2.09. The number of nitrogens with zero attached hydrogens (tertiary/aromatic N) is 2. The Morgan fingerprint density at radius 2 is 1.34 bits per heavy atom. The Morgan fingerprint density at radius 3 is 2.14 bits per heavy atom. The van der Waals surface area contributed by atoms with E-state index in [0.717, 1.165) is 5.52 Å². The molecule has 6 rings (SSSR count). The van der Waals surface area contributed by atoms with E-state index in [1.165, 1.54) is 65.9 Å². The van der Waals surface area contributed by atoms with Crippen molar-refractivity contribution in [2.45, 2.75) is 27.7 Å². The highest BCUT2D eigenvalue weighted by Crippen LogP contribution is 2.44. The van der Waals surface area contributed by atoms with E-state index in [2.05, 4.69) is 80.8 Å². The first-order valence-corrected chi connectivity index (χ1v) is 10.2. The molecule has 0 saturated heterocycles. The molecule has 29 heavy (non-hydrogen) atoms. The Labute approximate surface area is 169 Å². The molecular weight excluding hydrogens is 352 g/mol. The van der Waals surface area contributed by atoms with Crippen LogP contribution in [-0.2, 0) is 0 Å². The topological polar surface area (TPSA) is 17.8 Å². The molecule has 0 radical (unpaired) electrons. The van der Waals surface area contributed by atoms with Gasteiger partial charge in [-0.1, -0.05) is 35.9 Å². The summed E-state index contributed by atoms with van der Waals surface area (Å²) in [5.74, 6) is 0. The summed E-state index contributed by atoms with van der Waals surface area (Å²) in [6.07, 6.45) is 1.91. The largest absolute Gasteiger partial charge is 0.309 e. The van der Waals surface area contributed by atoms with Gasteiger partial charge in [0, 0.05) is 27.7 Å². The number of pyridine rings is 1. The van der Waals surface area contributed by atoms with E-state index < -0.39 is 0 Å². The van der Waals surface area contributed by atoms with E-state index in [1.807, 2.05) is 12.3 Å². The fraction of sp³-hybridized carbons (Fsp3) is 0.148. The zero-order valence-corrected chi connectivity index (χ0v) is 17.2. The van der Waals surface area contributed by atoms with Crippen LogP contribution in [0.3, 0.4) is 0 Å². The molecule has 0 bridgehead atoms. The van der Waals surface area contributed by atoms with Gasteiger partial charge in [0.2, 0.25) is 0 Å². The highest BCUT2D eigenvalue weighted by molar-refractivity contribution is 6.33. The molecule has 140 valence electrons. The highest BCUT2D eigenvalue weighted by atomic mass is 15.0. The van der Waals surface area contributed by atoms with E-state index in [4.69, 9.17) is 4.98 Å². The molecule has 2 aromatic heterocycles. The van der Waals surface area contributed by atoms with Crippen LogP contribution in [0.5, 0.6) is 0 Å². The third-order valence-corrected chi connectivity index (χ3v) is 6.25. The van der Waals surface area contributed by atoms with Gasteiger partial charge in [0.25, 0.3) is 0 Å². The smallest absolute Gasteiger partial charge is 0.0787 e. The second-order valence-electron chi connectivity index (χ2n) is 8.39. The van der Waals surface area contributed by atoms with Crippen LogP contribution in [0.1, 0.15) is 22.3 Å². The Hall–Kier alpha value is -3.39. The summed E-state index contributed by atoms with van der Waals surface area (Å²) in [5.41, 5.74) is 10.1. The summed E-state index contributed by atoms with van der Waals surface area (Å²) in [6, 6.07) is 20.1. The molecule has 0 unspecified atom stereocenters. The lowest BCUT2D eigenvalue weighted by atomic mass is 9.96. The second kappa shape index (κ2) is 5.57. The van der Waals surface area contributed by atoms with Crippen LogP contribution < -0.4 is 0 Å². The Morgan fingerprint density at radius 1 is 0.655 bits per heavy atom. The standard InChI is InChI=1S/C27H22N2/c1-15-11-17(3)27(18(4)12-15)29-22-9-5-7-19-20-8-6-10-28-26(20)21-13-16(2)14-23(29)25(21)24(19)22/h5-14H,1-4H3. The van der Waals surface area contributed by atoms with Gasteiger partial charge in [0.1, 0.15) is 0 Å². The first-order valence-electron chi connectivity index (χ1n) is 10.2. The molecule has 0 amide bonds. The molecule has 2 heteroatoms. The first kappa shape index (κ1) is 16.6. The van der Waals surface area contributed by atoms with E-state index in [0.29, 0.717) is 0 Å². The van der Waals surface area contributed by atoms with Gasteiger partial charge in [-0.3, -0.25) is 4.98 Å². The van der Waals surface area contributed by atoms with Gasteiger partial charge in [0.15, 0.2) is 0 Å².